The molecule has 0 amide bonds. The molecule has 92 valence electrons. The van der Waals surface area contributed by atoms with E-state index in [9.17, 15) is 0 Å². The molecule has 0 unspecified atom stereocenters. The van der Waals surface area contributed by atoms with Crippen molar-refractivity contribution in [2.75, 3.05) is 0 Å². The SMILES string of the molecule is CCCCCCCCCCc1cscc1C. The van der Waals surface area contributed by atoms with Crippen LogP contribution in [0.3, 0.4) is 0 Å². The van der Waals surface area contributed by atoms with Crippen molar-refractivity contribution in [1.29, 1.82) is 0 Å². The Morgan fingerprint density at radius 1 is 0.875 bits per heavy atom. The van der Waals surface area contributed by atoms with Gasteiger partial charge < -0.3 is 0 Å². The fraction of sp³-hybridized carbons (Fsp3) is 0.733. The third-order valence-corrected chi connectivity index (χ3v) is 4.17. The van der Waals surface area contributed by atoms with Gasteiger partial charge >= 0.3 is 0 Å². The van der Waals surface area contributed by atoms with E-state index in [0.29, 0.717) is 0 Å². The molecule has 0 aliphatic carbocycles. The lowest BCUT2D eigenvalue weighted by Crippen LogP contribution is -1.86. The zero-order chi connectivity index (χ0) is 11.6. The molecule has 0 aromatic carbocycles. The second kappa shape index (κ2) is 8.81. The third kappa shape index (κ3) is 5.69. The van der Waals surface area contributed by atoms with E-state index in [4.69, 9.17) is 0 Å². The Labute approximate surface area is 105 Å². The van der Waals surface area contributed by atoms with Gasteiger partial charge in [-0.3, -0.25) is 0 Å². The van der Waals surface area contributed by atoms with Gasteiger partial charge in [-0.1, -0.05) is 51.9 Å². The van der Waals surface area contributed by atoms with E-state index in [1.54, 1.807) is 5.56 Å². The molecule has 0 N–H and O–H groups in total. The van der Waals surface area contributed by atoms with Gasteiger partial charge in [0.2, 0.25) is 0 Å². The van der Waals surface area contributed by atoms with Gasteiger partial charge in [0.15, 0.2) is 0 Å². The summed E-state index contributed by atoms with van der Waals surface area (Å²) in [5, 5.41) is 4.58. The first-order valence-corrected chi connectivity index (χ1v) is 7.80. The first-order chi connectivity index (χ1) is 7.84. The summed E-state index contributed by atoms with van der Waals surface area (Å²) >= 11 is 1.84. The number of thiophene rings is 1. The van der Waals surface area contributed by atoms with Gasteiger partial charge in [0, 0.05) is 0 Å². The van der Waals surface area contributed by atoms with Gasteiger partial charge in [-0.05, 0) is 41.7 Å². The van der Waals surface area contributed by atoms with E-state index in [1.165, 1.54) is 63.4 Å². The summed E-state index contributed by atoms with van der Waals surface area (Å²) in [6, 6.07) is 0. The molecule has 0 aliphatic heterocycles. The Morgan fingerprint density at radius 2 is 1.50 bits per heavy atom. The Bertz CT molecular complexity index is 262. The smallest absolute Gasteiger partial charge is 0.00585 e. The van der Waals surface area contributed by atoms with Crippen LogP contribution in [0.2, 0.25) is 0 Å². The van der Waals surface area contributed by atoms with Crippen molar-refractivity contribution in [3.8, 4) is 0 Å². The Morgan fingerprint density at radius 3 is 2.06 bits per heavy atom. The molecular weight excluding hydrogens is 212 g/mol. The number of hydrogen-bond donors (Lipinski definition) is 0. The van der Waals surface area contributed by atoms with Gasteiger partial charge in [-0.25, -0.2) is 0 Å². The maximum Gasteiger partial charge on any atom is -0.00585 e. The average Bonchev–Trinajstić information content (AvgIpc) is 2.68. The molecule has 0 fully saturated rings. The lowest BCUT2D eigenvalue weighted by Gasteiger charge is -2.02. The molecule has 16 heavy (non-hydrogen) atoms. The van der Waals surface area contributed by atoms with E-state index in [0.717, 1.165) is 0 Å². The van der Waals surface area contributed by atoms with Crippen LogP contribution in [-0.2, 0) is 6.42 Å². The van der Waals surface area contributed by atoms with E-state index >= 15 is 0 Å². The Kier molecular flexibility index (Phi) is 7.58. The summed E-state index contributed by atoms with van der Waals surface area (Å²) < 4.78 is 0. The summed E-state index contributed by atoms with van der Waals surface area (Å²) in [6.45, 7) is 4.51. The van der Waals surface area contributed by atoms with Crippen molar-refractivity contribution in [1.82, 2.24) is 0 Å². The van der Waals surface area contributed by atoms with Crippen LogP contribution in [0.25, 0.3) is 0 Å². The van der Waals surface area contributed by atoms with E-state index < -0.39 is 0 Å². The Hall–Kier alpha value is -0.300. The highest BCUT2D eigenvalue weighted by atomic mass is 32.1. The fourth-order valence-electron chi connectivity index (χ4n) is 2.09. The van der Waals surface area contributed by atoms with Crippen LogP contribution < -0.4 is 0 Å². The lowest BCUT2D eigenvalue weighted by atomic mass is 10.0. The van der Waals surface area contributed by atoms with Crippen LogP contribution in [0.1, 0.15) is 69.4 Å². The Balaban J connectivity index is 1.91. The van der Waals surface area contributed by atoms with Gasteiger partial charge in [0.25, 0.3) is 0 Å². The van der Waals surface area contributed by atoms with Crippen LogP contribution >= 0.6 is 11.3 Å². The maximum atomic E-state index is 2.32. The molecule has 1 aromatic rings. The first kappa shape index (κ1) is 13.8. The zero-order valence-corrected chi connectivity index (χ0v) is 11.7. The minimum Gasteiger partial charge on any atom is -0.152 e. The van der Waals surface area contributed by atoms with Crippen molar-refractivity contribution in [2.45, 2.75) is 71.6 Å². The standard InChI is InChI=1S/C15H26S/c1-3-4-5-6-7-8-9-10-11-15-13-16-12-14(15)2/h12-13H,3-11H2,1-2H3. The summed E-state index contributed by atoms with van der Waals surface area (Å²) in [4.78, 5) is 0. The van der Waals surface area contributed by atoms with Crippen LogP contribution in [0.15, 0.2) is 10.8 Å². The zero-order valence-electron chi connectivity index (χ0n) is 10.9. The van der Waals surface area contributed by atoms with Gasteiger partial charge in [-0.2, -0.15) is 11.3 Å². The second-order valence-electron chi connectivity index (χ2n) is 4.80. The summed E-state index contributed by atoms with van der Waals surface area (Å²) in [5.41, 5.74) is 3.07. The molecule has 1 heterocycles. The normalized spacial score (nSPS) is 10.9. The molecule has 0 atom stereocenters. The summed E-state index contributed by atoms with van der Waals surface area (Å²) in [6.07, 6.45) is 12.7. The molecule has 0 aliphatic rings. The first-order valence-electron chi connectivity index (χ1n) is 6.86. The molecule has 1 aromatic heterocycles. The highest BCUT2D eigenvalue weighted by Crippen LogP contribution is 2.17. The minimum atomic E-state index is 1.30. The van der Waals surface area contributed by atoms with Gasteiger partial charge in [-0.15, -0.1) is 0 Å². The highest BCUT2D eigenvalue weighted by molar-refractivity contribution is 7.08. The van der Waals surface area contributed by atoms with Crippen molar-refractivity contribution >= 4 is 11.3 Å². The minimum absolute atomic E-state index is 1.30. The topological polar surface area (TPSA) is 0 Å². The van der Waals surface area contributed by atoms with Crippen molar-refractivity contribution in [2.24, 2.45) is 0 Å². The average molecular weight is 238 g/mol. The summed E-state index contributed by atoms with van der Waals surface area (Å²) in [7, 11) is 0. The molecule has 0 bridgehead atoms. The van der Waals surface area contributed by atoms with Gasteiger partial charge in [0.1, 0.15) is 0 Å². The largest absolute Gasteiger partial charge is 0.152 e. The van der Waals surface area contributed by atoms with Crippen LogP contribution in [0, 0.1) is 6.92 Å². The molecular formula is C15H26S. The van der Waals surface area contributed by atoms with E-state index in [1.807, 2.05) is 11.3 Å². The van der Waals surface area contributed by atoms with Crippen molar-refractivity contribution in [3.63, 3.8) is 0 Å². The van der Waals surface area contributed by atoms with Crippen LogP contribution in [-0.4, -0.2) is 0 Å². The molecule has 0 saturated carbocycles. The number of hydrogen-bond acceptors (Lipinski definition) is 1. The highest BCUT2D eigenvalue weighted by Gasteiger charge is 1.98. The molecule has 1 heteroatoms. The third-order valence-electron chi connectivity index (χ3n) is 3.26. The molecule has 0 radical (unpaired) electrons. The monoisotopic (exact) mass is 238 g/mol. The quantitative estimate of drug-likeness (QED) is 0.481. The van der Waals surface area contributed by atoms with E-state index in [-0.39, 0.29) is 0 Å². The predicted octanol–water partition coefficient (Wildman–Crippen LogP) is 5.74. The molecule has 0 saturated heterocycles. The summed E-state index contributed by atoms with van der Waals surface area (Å²) in [5.74, 6) is 0. The molecule has 0 nitrogen and oxygen atoms in total. The van der Waals surface area contributed by atoms with Crippen LogP contribution in [0.5, 0.6) is 0 Å². The number of rotatable bonds is 9. The number of aryl methyl sites for hydroxylation is 2. The predicted molar refractivity (Wildman–Crippen MR) is 75.4 cm³/mol. The van der Waals surface area contributed by atoms with Crippen molar-refractivity contribution < 1.29 is 0 Å². The van der Waals surface area contributed by atoms with Crippen LogP contribution in [0.4, 0.5) is 0 Å². The second-order valence-corrected chi connectivity index (χ2v) is 5.55. The number of unbranched alkanes of at least 4 members (excludes halogenated alkanes) is 7. The molecule has 0 spiro atoms. The molecule has 1 rings (SSSR count). The lowest BCUT2D eigenvalue weighted by molar-refractivity contribution is 0.575. The maximum absolute atomic E-state index is 2.32. The van der Waals surface area contributed by atoms with E-state index in [2.05, 4.69) is 24.6 Å². The van der Waals surface area contributed by atoms with Gasteiger partial charge in [0.05, 0.1) is 0 Å². The fourth-order valence-corrected chi connectivity index (χ4v) is 2.98. The van der Waals surface area contributed by atoms with Crippen molar-refractivity contribution in [3.05, 3.63) is 21.9 Å².